The van der Waals surface area contributed by atoms with Gasteiger partial charge in [0.25, 0.3) is 0 Å². The molecular formula is C18H25ClN2O3. The van der Waals surface area contributed by atoms with Crippen LogP contribution in [0.4, 0.5) is 0 Å². The third-order valence-electron chi connectivity index (χ3n) is 4.30. The Bertz CT molecular complexity index is 571. The van der Waals surface area contributed by atoms with Crippen molar-refractivity contribution in [2.24, 2.45) is 5.92 Å². The number of hydrogen-bond donors (Lipinski definition) is 1. The molecule has 1 amide bonds. The fourth-order valence-corrected chi connectivity index (χ4v) is 3.14. The molecule has 0 aliphatic carbocycles. The van der Waals surface area contributed by atoms with Crippen LogP contribution in [0, 0.1) is 5.92 Å². The number of nitrogens with one attached hydrogen (secondary N) is 1. The van der Waals surface area contributed by atoms with E-state index in [4.69, 9.17) is 16.3 Å². The van der Waals surface area contributed by atoms with E-state index < -0.39 is 0 Å². The molecule has 1 aliphatic rings. The highest BCUT2D eigenvalue weighted by molar-refractivity contribution is 6.30. The van der Waals surface area contributed by atoms with Gasteiger partial charge < -0.3 is 10.1 Å². The van der Waals surface area contributed by atoms with E-state index in [1.807, 2.05) is 38.1 Å². The topological polar surface area (TPSA) is 58.6 Å². The summed E-state index contributed by atoms with van der Waals surface area (Å²) >= 11 is 5.98. The fourth-order valence-electron chi connectivity index (χ4n) is 2.94. The third kappa shape index (κ3) is 5.49. The molecule has 24 heavy (non-hydrogen) atoms. The molecule has 1 aromatic carbocycles. The SMILES string of the molecule is CCOC(=O)C1CCN(CC(=O)N[C@H](C)c2cccc(Cl)c2)CC1. The highest BCUT2D eigenvalue weighted by atomic mass is 35.5. The van der Waals surface area contributed by atoms with E-state index in [9.17, 15) is 9.59 Å². The van der Waals surface area contributed by atoms with E-state index in [0.717, 1.165) is 31.5 Å². The Hall–Kier alpha value is -1.59. The summed E-state index contributed by atoms with van der Waals surface area (Å²) in [6.07, 6.45) is 1.49. The number of esters is 1. The number of carbonyl (C=O) groups excluding carboxylic acids is 2. The lowest BCUT2D eigenvalue weighted by Crippen LogP contribution is -2.43. The number of ether oxygens (including phenoxy) is 1. The maximum Gasteiger partial charge on any atom is 0.309 e. The molecule has 1 N–H and O–H groups in total. The van der Waals surface area contributed by atoms with Crippen LogP contribution in [-0.2, 0) is 14.3 Å². The van der Waals surface area contributed by atoms with Crippen molar-refractivity contribution < 1.29 is 14.3 Å². The van der Waals surface area contributed by atoms with E-state index in [1.165, 1.54) is 0 Å². The molecule has 1 fully saturated rings. The van der Waals surface area contributed by atoms with Crippen molar-refractivity contribution in [1.82, 2.24) is 10.2 Å². The number of hydrogen-bond acceptors (Lipinski definition) is 4. The van der Waals surface area contributed by atoms with Gasteiger partial charge in [-0.2, -0.15) is 0 Å². The molecule has 0 aromatic heterocycles. The quantitative estimate of drug-likeness (QED) is 0.800. The van der Waals surface area contributed by atoms with Crippen LogP contribution in [0.2, 0.25) is 5.02 Å². The zero-order valence-electron chi connectivity index (χ0n) is 14.3. The van der Waals surface area contributed by atoms with Gasteiger partial charge in [-0.1, -0.05) is 23.7 Å². The molecule has 6 heteroatoms. The average Bonchev–Trinajstić information content (AvgIpc) is 2.55. The summed E-state index contributed by atoms with van der Waals surface area (Å²) in [5, 5.41) is 3.66. The van der Waals surface area contributed by atoms with Gasteiger partial charge in [-0.15, -0.1) is 0 Å². The van der Waals surface area contributed by atoms with Gasteiger partial charge in [-0.25, -0.2) is 0 Å². The van der Waals surface area contributed by atoms with Gasteiger partial charge in [-0.05, 0) is 57.5 Å². The first-order chi connectivity index (χ1) is 11.5. The predicted molar refractivity (Wildman–Crippen MR) is 93.8 cm³/mol. The lowest BCUT2D eigenvalue weighted by Gasteiger charge is -2.30. The highest BCUT2D eigenvalue weighted by Crippen LogP contribution is 2.19. The molecule has 1 atom stereocenters. The Kier molecular flexibility index (Phi) is 7.06. The maximum atomic E-state index is 12.2. The number of rotatable bonds is 6. The summed E-state index contributed by atoms with van der Waals surface area (Å²) in [5.41, 5.74) is 0.983. The zero-order chi connectivity index (χ0) is 17.5. The summed E-state index contributed by atoms with van der Waals surface area (Å²) in [6, 6.07) is 7.40. The predicted octanol–water partition coefficient (Wildman–Crippen LogP) is 2.79. The smallest absolute Gasteiger partial charge is 0.309 e. The van der Waals surface area contributed by atoms with Gasteiger partial charge in [0.2, 0.25) is 5.91 Å². The molecule has 132 valence electrons. The van der Waals surface area contributed by atoms with Crippen LogP contribution in [0.1, 0.15) is 38.3 Å². The minimum atomic E-state index is -0.115. The summed E-state index contributed by atoms with van der Waals surface area (Å²) in [6.45, 7) is 6.00. The van der Waals surface area contributed by atoms with Crippen molar-refractivity contribution in [3.05, 3.63) is 34.9 Å². The first kappa shape index (κ1) is 18.7. The van der Waals surface area contributed by atoms with Crippen LogP contribution in [0.5, 0.6) is 0 Å². The molecule has 1 heterocycles. The van der Waals surface area contributed by atoms with Crippen molar-refractivity contribution in [3.8, 4) is 0 Å². The van der Waals surface area contributed by atoms with Crippen LogP contribution in [0.3, 0.4) is 0 Å². The van der Waals surface area contributed by atoms with Crippen LogP contribution >= 0.6 is 11.6 Å². The largest absolute Gasteiger partial charge is 0.466 e. The van der Waals surface area contributed by atoms with Crippen LogP contribution in [0.15, 0.2) is 24.3 Å². The molecule has 2 rings (SSSR count). The normalized spacial score (nSPS) is 17.3. The maximum absolute atomic E-state index is 12.2. The number of carbonyl (C=O) groups is 2. The summed E-state index contributed by atoms with van der Waals surface area (Å²) in [4.78, 5) is 26.0. The van der Waals surface area contributed by atoms with Gasteiger partial charge in [0.15, 0.2) is 0 Å². The number of nitrogens with zero attached hydrogens (tertiary/aromatic N) is 1. The Morgan fingerprint density at radius 1 is 1.38 bits per heavy atom. The highest BCUT2D eigenvalue weighted by Gasteiger charge is 2.26. The molecule has 1 aliphatic heterocycles. The zero-order valence-corrected chi connectivity index (χ0v) is 15.0. The molecular weight excluding hydrogens is 328 g/mol. The van der Waals surface area contributed by atoms with E-state index in [2.05, 4.69) is 10.2 Å². The molecule has 5 nitrogen and oxygen atoms in total. The summed E-state index contributed by atoms with van der Waals surface area (Å²) in [5.74, 6) is -0.164. The molecule has 1 saturated heterocycles. The monoisotopic (exact) mass is 352 g/mol. The summed E-state index contributed by atoms with van der Waals surface area (Å²) < 4.78 is 5.06. The van der Waals surface area contributed by atoms with Crippen LogP contribution in [-0.4, -0.2) is 43.0 Å². The minimum Gasteiger partial charge on any atom is -0.466 e. The Morgan fingerprint density at radius 2 is 2.08 bits per heavy atom. The molecule has 0 bridgehead atoms. The molecule has 0 saturated carbocycles. The Balaban J connectivity index is 1.76. The number of benzene rings is 1. The van der Waals surface area contributed by atoms with Gasteiger partial charge in [0, 0.05) is 5.02 Å². The van der Waals surface area contributed by atoms with Gasteiger partial charge in [-0.3, -0.25) is 14.5 Å². The second kappa shape index (κ2) is 9.04. The van der Waals surface area contributed by atoms with E-state index in [0.29, 0.717) is 18.2 Å². The number of piperidine rings is 1. The van der Waals surface area contributed by atoms with Crippen molar-refractivity contribution in [3.63, 3.8) is 0 Å². The Labute approximate surface area is 148 Å². The van der Waals surface area contributed by atoms with Crippen molar-refractivity contribution in [2.75, 3.05) is 26.2 Å². The van der Waals surface area contributed by atoms with Crippen molar-refractivity contribution in [2.45, 2.75) is 32.7 Å². The van der Waals surface area contributed by atoms with Crippen molar-refractivity contribution in [1.29, 1.82) is 0 Å². The van der Waals surface area contributed by atoms with Gasteiger partial charge in [0.05, 0.1) is 25.1 Å². The Morgan fingerprint density at radius 3 is 2.71 bits per heavy atom. The lowest BCUT2D eigenvalue weighted by atomic mass is 9.97. The van der Waals surface area contributed by atoms with Gasteiger partial charge >= 0.3 is 5.97 Å². The number of halogens is 1. The first-order valence-electron chi connectivity index (χ1n) is 8.43. The van der Waals surface area contributed by atoms with Crippen LogP contribution in [0.25, 0.3) is 0 Å². The lowest BCUT2D eigenvalue weighted by molar-refractivity contribution is -0.149. The molecule has 1 aromatic rings. The van der Waals surface area contributed by atoms with Crippen LogP contribution < -0.4 is 5.32 Å². The third-order valence-corrected chi connectivity index (χ3v) is 4.54. The summed E-state index contributed by atoms with van der Waals surface area (Å²) in [7, 11) is 0. The number of amides is 1. The second-order valence-electron chi connectivity index (χ2n) is 6.15. The first-order valence-corrected chi connectivity index (χ1v) is 8.81. The van der Waals surface area contributed by atoms with E-state index in [1.54, 1.807) is 0 Å². The molecule has 0 radical (unpaired) electrons. The fraction of sp³-hybridized carbons (Fsp3) is 0.556. The standard InChI is InChI=1S/C18H25ClN2O3/c1-3-24-18(23)14-7-9-21(10-8-14)12-17(22)20-13(2)15-5-4-6-16(19)11-15/h4-6,11,13-14H,3,7-10,12H2,1-2H3,(H,20,22)/t13-/m1/s1. The van der Waals surface area contributed by atoms with E-state index in [-0.39, 0.29) is 23.8 Å². The van der Waals surface area contributed by atoms with Gasteiger partial charge in [0.1, 0.15) is 0 Å². The minimum absolute atomic E-state index is 0.0166. The number of likely N-dealkylation sites (tertiary alicyclic amines) is 1. The van der Waals surface area contributed by atoms with Crippen molar-refractivity contribution >= 4 is 23.5 Å². The van der Waals surface area contributed by atoms with E-state index >= 15 is 0 Å². The second-order valence-corrected chi connectivity index (χ2v) is 6.58. The average molecular weight is 353 g/mol. The molecule has 0 unspecified atom stereocenters. The molecule has 0 spiro atoms.